The van der Waals surface area contributed by atoms with Crippen LogP contribution < -0.4 is 24.4 Å². The number of nitrogens with zero attached hydrogens (tertiary/aromatic N) is 1. The van der Waals surface area contributed by atoms with Gasteiger partial charge in [-0.25, -0.2) is 4.90 Å². The van der Waals surface area contributed by atoms with Crippen LogP contribution >= 0.6 is 0 Å². The minimum absolute atomic E-state index is 0.127. The Morgan fingerprint density at radius 3 is 2.85 bits per heavy atom. The van der Waals surface area contributed by atoms with Crippen LogP contribution in [0.4, 0.5) is 5.69 Å². The number of benzene rings is 2. The number of carbonyl (C=O) groups excluding carboxylic acids is 2. The summed E-state index contributed by atoms with van der Waals surface area (Å²) >= 11 is 0. The Labute approximate surface area is 156 Å². The zero-order chi connectivity index (χ0) is 18.8. The summed E-state index contributed by atoms with van der Waals surface area (Å²) in [7, 11) is 0. The van der Waals surface area contributed by atoms with Gasteiger partial charge in [-0.2, -0.15) is 0 Å². The normalized spacial score (nSPS) is 18.3. The van der Waals surface area contributed by atoms with E-state index < -0.39 is 6.04 Å². The molecule has 1 atom stereocenters. The van der Waals surface area contributed by atoms with Crippen molar-refractivity contribution in [1.29, 1.82) is 0 Å². The number of hydrogen-bond donors (Lipinski definition) is 1. The van der Waals surface area contributed by atoms with Crippen LogP contribution in [0.2, 0.25) is 0 Å². The maximum Gasteiger partial charge on any atom is 0.251 e. The fourth-order valence-electron chi connectivity index (χ4n) is 3.23. The summed E-state index contributed by atoms with van der Waals surface area (Å²) in [5.41, 5.74) is 1.49. The summed E-state index contributed by atoms with van der Waals surface area (Å²) in [6.07, 6.45) is 0.127. The van der Waals surface area contributed by atoms with Gasteiger partial charge in [0.25, 0.3) is 5.91 Å². The lowest BCUT2D eigenvalue weighted by molar-refractivity contribution is -0.121. The van der Waals surface area contributed by atoms with Gasteiger partial charge in [0.1, 0.15) is 5.75 Å². The minimum atomic E-state index is -0.557. The summed E-state index contributed by atoms with van der Waals surface area (Å²) in [5, 5.41) is 3.17. The highest BCUT2D eigenvalue weighted by molar-refractivity contribution is 6.22. The first-order chi connectivity index (χ1) is 13.2. The van der Waals surface area contributed by atoms with Gasteiger partial charge in [0.2, 0.25) is 12.7 Å². The average Bonchev–Trinajstić information content (AvgIpc) is 3.24. The molecule has 0 saturated carbocycles. The molecule has 27 heavy (non-hydrogen) atoms. The molecular weight excluding hydrogens is 348 g/mol. The lowest BCUT2D eigenvalue weighted by Crippen LogP contribution is -2.38. The van der Waals surface area contributed by atoms with E-state index in [0.717, 1.165) is 5.56 Å². The Kier molecular flexibility index (Phi) is 4.68. The van der Waals surface area contributed by atoms with Crippen molar-refractivity contribution in [2.24, 2.45) is 0 Å². The maximum atomic E-state index is 12.8. The van der Waals surface area contributed by atoms with Crippen molar-refractivity contribution in [1.82, 2.24) is 5.32 Å². The van der Waals surface area contributed by atoms with Crippen molar-refractivity contribution >= 4 is 17.5 Å². The third-order valence-electron chi connectivity index (χ3n) is 4.52. The van der Waals surface area contributed by atoms with E-state index in [2.05, 4.69) is 5.32 Å². The standard InChI is InChI=1S/C20H20N2O5/c1-2-25-15-5-3-4-14(9-15)22-19(23)10-16(20(22)24)21-11-13-6-7-17-18(8-13)27-12-26-17/h3-9,16,21H,2,10-12H2,1H3. The van der Waals surface area contributed by atoms with E-state index in [0.29, 0.717) is 36.1 Å². The first kappa shape index (κ1) is 17.4. The van der Waals surface area contributed by atoms with Crippen molar-refractivity contribution in [2.45, 2.75) is 25.9 Å². The molecule has 2 aliphatic rings. The molecule has 2 heterocycles. The van der Waals surface area contributed by atoms with Crippen LogP contribution in [-0.2, 0) is 16.1 Å². The summed E-state index contributed by atoms with van der Waals surface area (Å²) in [6, 6.07) is 12.1. The van der Waals surface area contributed by atoms with E-state index in [-0.39, 0.29) is 25.0 Å². The van der Waals surface area contributed by atoms with E-state index in [1.54, 1.807) is 24.3 Å². The van der Waals surface area contributed by atoms with Crippen molar-refractivity contribution < 1.29 is 23.8 Å². The van der Waals surface area contributed by atoms with Crippen LogP contribution in [0.1, 0.15) is 18.9 Å². The van der Waals surface area contributed by atoms with E-state index in [1.807, 2.05) is 25.1 Å². The fourth-order valence-corrected chi connectivity index (χ4v) is 3.23. The quantitative estimate of drug-likeness (QED) is 0.788. The Hall–Kier alpha value is -3.06. The molecule has 2 aromatic rings. The number of rotatable bonds is 6. The third-order valence-corrected chi connectivity index (χ3v) is 4.52. The predicted octanol–water partition coefficient (Wildman–Crippen LogP) is 2.24. The largest absolute Gasteiger partial charge is 0.494 e. The van der Waals surface area contributed by atoms with Crippen LogP contribution in [-0.4, -0.2) is 31.3 Å². The molecular formula is C20H20N2O5. The number of imide groups is 1. The van der Waals surface area contributed by atoms with Crippen LogP contribution in [0.3, 0.4) is 0 Å². The Morgan fingerprint density at radius 1 is 1.15 bits per heavy atom. The second kappa shape index (κ2) is 7.28. The number of anilines is 1. The van der Waals surface area contributed by atoms with Gasteiger partial charge in [-0.3, -0.25) is 9.59 Å². The van der Waals surface area contributed by atoms with Gasteiger partial charge in [0, 0.05) is 12.6 Å². The van der Waals surface area contributed by atoms with E-state index >= 15 is 0 Å². The van der Waals surface area contributed by atoms with Crippen molar-refractivity contribution in [3.63, 3.8) is 0 Å². The van der Waals surface area contributed by atoms with Gasteiger partial charge in [0.15, 0.2) is 11.5 Å². The molecule has 0 bridgehead atoms. The monoisotopic (exact) mass is 368 g/mol. The molecule has 7 heteroatoms. The number of hydrogen-bond acceptors (Lipinski definition) is 6. The van der Waals surface area contributed by atoms with Gasteiger partial charge < -0.3 is 19.5 Å². The molecule has 0 spiro atoms. The molecule has 2 aromatic carbocycles. The smallest absolute Gasteiger partial charge is 0.251 e. The van der Waals surface area contributed by atoms with Crippen molar-refractivity contribution in [2.75, 3.05) is 18.3 Å². The lowest BCUT2D eigenvalue weighted by atomic mass is 10.1. The highest BCUT2D eigenvalue weighted by atomic mass is 16.7. The Balaban J connectivity index is 1.44. The molecule has 1 unspecified atom stereocenters. The zero-order valence-electron chi connectivity index (χ0n) is 14.9. The van der Waals surface area contributed by atoms with Gasteiger partial charge in [0.05, 0.1) is 24.8 Å². The molecule has 1 saturated heterocycles. The van der Waals surface area contributed by atoms with Gasteiger partial charge in [-0.15, -0.1) is 0 Å². The minimum Gasteiger partial charge on any atom is -0.494 e. The molecule has 0 aliphatic carbocycles. The van der Waals surface area contributed by atoms with Crippen molar-refractivity contribution in [3.05, 3.63) is 48.0 Å². The number of carbonyl (C=O) groups is 2. The highest BCUT2D eigenvalue weighted by Crippen LogP contribution is 2.32. The Bertz CT molecular complexity index is 882. The van der Waals surface area contributed by atoms with Crippen LogP contribution in [0.15, 0.2) is 42.5 Å². The second-order valence-electron chi connectivity index (χ2n) is 6.32. The van der Waals surface area contributed by atoms with E-state index in [4.69, 9.17) is 14.2 Å². The molecule has 2 aliphatic heterocycles. The van der Waals surface area contributed by atoms with Gasteiger partial charge in [-0.05, 0) is 36.8 Å². The highest BCUT2D eigenvalue weighted by Gasteiger charge is 2.39. The van der Waals surface area contributed by atoms with Crippen LogP contribution in [0.5, 0.6) is 17.2 Å². The Morgan fingerprint density at radius 2 is 2.00 bits per heavy atom. The predicted molar refractivity (Wildman–Crippen MR) is 97.9 cm³/mol. The van der Waals surface area contributed by atoms with Crippen molar-refractivity contribution in [3.8, 4) is 17.2 Å². The van der Waals surface area contributed by atoms with Gasteiger partial charge >= 0.3 is 0 Å². The summed E-state index contributed by atoms with van der Waals surface area (Å²) in [5.74, 6) is 1.56. The fraction of sp³-hybridized carbons (Fsp3) is 0.300. The molecule has 2 amide bonds. The summed E-state index contributed by atoms with van der Waals surface area (Å²) < 4.78 is 16.1. The average molecular weight is 368 g/mol. The molecule has 7 nitrogen and oxygen atoms in total. The number of ether oxygens (including phenoxy) is 3. The molecule has 1 N–H and O–H groups in total. The number of amides is 2. The van der Waals surface area contributed by atoms with Gasteiger partial charge in [-0.1, -0.05) is 12.1 Å². The second-order valence-corrected chi connectivity index (χ2v) is 6.32. The maximum absolute atomic E-state index is 12.8. The molecule has 140 valence electrons. The summed E-state index contributed by atoms with van der Waals surface area (Å²) in [4.78, 5) is 26.4. The summed E-state index contributed by atoms with van der Waals surface area (Å²) in [6.45, 7) is 3.07. The third kappa shape index (κ3) is 3.46. The zero-order valence-corrected chi connectivity index (χ0v) is 14.9. The first-order valence-corrected chi connectivity index (χ1v) is 8.87. The van der Waals surface area contributed by atoms with E-state index in [9.17, 15) is 9.59 Å². The van der Waals surface area contributed by atoms with Crippen LogP contribution in [0.25, 0.3) is 0 Å². The molecule has 1 fully saturated rings. The SMILES string of the molecule is CCOc1cccc(N2C(=O)CC(NCc3ccc4c(c3)OCO4)C2=O)c1. The lowest BCUT2D eigenvalue weighted by Gasteiger charge is -2.16. The first-order valence-electron chi connectivity index (χ1n) is 8.87. The number of fused-ring (bicyclic) bond motifs is 1. The molecule has 0 radical (unpaired) electrons. The topological polar surface area (TPSA) is 77.1 Å². The molecule has 0 aromatic heterocycles. The van der Waals surface area contributed by atoms with E-state index in [1.165, 1.54) is 4.90 Å². The number of nitrogens with one attached hydrogen (secondary N) is 1. The van der Waals surface area contributed by atoms with Crippen LogP contribution in [0, 0.1) is 0 Å². The molecule has 4 rings (SSSR count).